The van der Waals surface area contributed by atoms with Crippen LogP contribution in [-0.2, 0) is 14.8 Å². The number of alkyl halides is 1. The summed E-state index contributed by atoms with van der Waals surface area (Å²) in [5, 5.41) is 0.294. The van der Waals surface area contributed by atoms with Crippen molar-refractivity contribution in [3.8, 4) is 0 Å². The van der Waals surface area contributed by atoms with E-state index in [9.17, 15) is 13.2 Å². The molecule has 16 heavy (non-hydrogen) atoms. The van der Waals surface area contributed by atoms with Gasteiger partial charge in [0, 0.05) is 19.1 Å². The fourth-order valence-corrected chi connectivity index (χ4v) is 2.68. The molecule has 0 aliphatic carbocycles. The van der Waals surface area contributed by atoms with E-state index in [1.54, 1.807) is 4.90 Å². The Morgan fingerprint density at radius 3 is 2.75 bits per heavy atom. The number of nitrogens with one attached hydrogen (secondary N) is 1. The van der Waals surface area contributed by atoms with Crippen LogP contribution in [0.3, 0.4) is 0 Å². The molecule has 5 nitrogen and oxygen atoms in total. The van der Waals surface area contributed by atoms with Gasteiger partial charge in [-0.3, -0.25) is 4.79 Å². The van der Waals surface area contributed by atoms with Crippen LogP contribution in [0.2, 0.25) is 0 Å². The van der Waals surface area contributed by atoms with Gasteiger partial charge in [-0.1, -0.05) is 15.9 Å². The van der Waals surface area contributed by atoms with Crippen LogP contribution < -0.4 is 4.72 Å². The number of hydrogen-bond donors (Lipinski definition) is 1. The molecule has 0 spiro atoms. The number of hydrogen-bond acceptors (Lipinski definition) is 3. The first kappa shape index (κ1) is 13.9. The summed E-state index contributed by atoms with van der Waals surface area (Å²) in [6.45, 7) is 1.04. The predicted octanol–water partition coefficient (Wildman–Crippen LogP) is 0.312. The smallest absolute Gasteiger partial charge is 0.233 e. The van der Waals surface area contributed by atoms with Crippen LogP contribution in [0.15, 0.2) is 0 Å². The first-order valence-corrected chi connectivity index (χ1v) is 8.25. The van der Waals surface area contributed by atoms with Crippen LogP contribution in [0.5, 0.6) is 0 Å². The zero-order chi connectivity index (χ0) is 12.2. The molecule has 0 aromatic heterocycles. The van der Waals surface area contributed by atoms with Gasteiger partial charge in [-0.25, -0.2) is 13.1 Å². The lowest BCUT2D eigenvalue weighted by Crippen LogP contribution is -2.49. The second kappa shape index (κ2) is 5.97. The third-order valence-corrected chi connectivity index (χ3v) is 3.81. The lowest BCUT2D eigenvalue weighted by molar-refractivity contribution is -0.131. The molecule has 1 atom stereocenters. The Bertz CT molecular complexity index is 345. The van der Waals surface area contributed by atoms with Crippen LogP contribution in [-0.4, -0.2) is 49.9 Å². The molecule has 1 fully saturated rings. The molecule has 1 N–H and O–H groups in total. The number of amides is 1. The SMILES string of the molecule is CS(=O)(=O)NCC1CCCCN1C(=O)CBr. The van der Waals surface area contributed by atoms with Crippen LogP contribution >= 0.6 is 15.9 Å². The van der Waals surface area contributed by atoms with E-state index < -0.39 is 10.0 Å². The van der Waals surface area contributed by atoms with Crippen molar-refractivity contribution in [2.45, 2.75) is 25.3 Å². The normalized spacial score (nSPS) is 22.1. The largest absolute Gasteiger partial charge is 0.338 e. The molecule has 0 aromatic carbocycles. The van der Waals surface area contributed by atoms with Crippen LogP contribution in [0.25, 0.3) is 0 Å². The van der Waals surface area contributed by atoms with Gasteiger partial charge in [-0.2, -0.15) is 0 Å². The Kier molecular flexibility index (Phi) is 5.20. The lowest BCUT2D eigenvalue weighted by atomic mass is 10.0. The van der Waals surface area contributed by atoms with Crippen molar-refractivity contribution < 1.29 is 13.2 Å². The summed E-state index contributed by atoms with van der Waals surface area (Å²) in [5.41, 5.74) is 0. The third-order valence-electron chi connectivity index (χ3n) is 2.64. The summed E-state index contributed by atoms with van der Waals surface area (Å²) in [4.78, 5) is 13.4. The second-order valence-corrected chi connectivity index (χ2v) is 6.38. The molecular formula is C9H17BrN2O3S. The standard InChI is InChI=1S/C9H17BrN2O3S/c1-16(14,15)11-7-8-4-2-3-5-12(8)9(13)6-10/h8,11H,2-7H2,1H3. The number of halogens is 1. The van der Waals surface area contributed by atoms with Gasteiger partial charge in [0.2, 0.25) is 15.9 Å². The van der Waals surface area contributed by atoms with Gasteiger partial charge in [-0.15, -0.1) is 0 Å². The summed E-state index contributed by atoms with van der Waals surface area (Å²) >= 11 is 3.14. The average Bonchev–Trinajstić information content (AvgIpc) is 2.25. The summed E-state index contributed by atoms with van der Waals surface area (Å²) in [6, 6.07) is -0.00600. The molecule has 1 rings (SSSR count). The van der Waals surface area contributed by atoms with Crippen LogP contribution in [0, 0.1) is 0 Å². The van der Waals surface area contributed by atoms with Crippen molar-refractivity contribution in [3.05, 3.63) is 0 Å². The molecule has 0 saturated carbocycles. The number of rotatable bonds is 4. The lowest BCUT2D eigenvalue weighted by Gasteiger charge is -2.35. The molecule has 1 saturated heterocycles. The molecule has 1 heterocycles. The van der Waals surface area contributed by atoms with Crippen molar-refractivity contribution in [2.75, 3.05) is 24.7 Å². The molecule has 1 aliphatic rings. The van der Waals surface area contributed by atoms with E-state index in [4.69, 9.17) is 0 Å². The summed E-state index contributed by atoms with van der Waals surface area (Å²) < 4.78 is 24.5. The first-order valence-electron chi connectivity index (χ1n) is 5.24. The maximum atomic E-state index is 11.6. The third kappa shape index (κ3) is 4.39. The molecule has 7 heteroatoms. The Labute approximate surface area is 105 Å². The molecule has 94 valence electrons. The Morgan fingerprint density at radius 2 is 2.19 bits per heavy atom. The molecule has 1 unspecified atom stereocenters. The number of carbonyl (C=O) groups is 1. The van der Waals surface area contributed by atoms with E-state index in [1.165, 1.54) is 0 Å². The molecular weight excluding hydrogens is 296 g/mol. The number of likely N-dealkylation sites (tertiary alicyclic amines) is 1. The molecule has 1 amide bonds. The van der Waals surface area contributed by atoms with E-state index in [-0.39, 0.29) is 11.9 Å². The van der Waals surface area contributed by atoms with Crippen molar-refractivity contribution in [2.24, 2.45) is 0 Å². The quantitative estimate of drug-likeness (QED) is 0.760. The van der Waals surface area contributed by atoms with E-state index in [2.05, 4.69) is 20.7 Å². The first-order chi connectivity index (χ1) is 7.44. The second-order valence-electron chi connectivity index (χ2n) is 3.99. The van der Waals surface area contributed by atoms with Crippen LogP contribution in [0.1, 0.15) is 19.3 Å². The maximum Gasteiger partial charge on any atom is 0.233 e. The molecule has 0 aromatic rings. The van der Waals surface area contributed by atoms with E-state index in [0.29, 0.717) is 11.9 Å². The van der Waals surface area contributed by atoms with Crippen molar-refractivity contribution >= 4 is 31.9 Å². The van der Waals surface area contributed by atoms with Crippen molar-refractivity contribution in [1.82, 2.24) is 9.62 Å². The highest BCUT2D eigenvalue weighted by molar-refractivity contribution is 9.09. The van der Waals surface area contributed by atoms with Gasteiger partial charge in [0.25, 0.3) is 0 Å². The minimum absolute atomic E-state index is 0.00600. The van der Waals surface area contributed by atoms with Crippen LogP contribution in [0.4, 0.5) is 0 Å². The number of sulfonamides is 1. The fraction of sp³-hybridized carbons (Fsp3) is 0.889. The van der Waals surface area contributed by atoms with Gasteiger partial charge < -0.3 is 4.90 Å². The highest BCUT2D eigenvalue weighted by atomic mass is 79.9. The van der Waals surface area contributed by atoms with Gasteiger partial charge in [0.15, 0.2) is 0 Å². The van der Waals surface area contributed by atoms with E-state index in [1.807, 2.05) is 0 Å². The zero-order valence-electron chi connectivity index (χ0n) is 9.28. The monoisotopic (exact) mass is 312 g/mol. The fourth-order valence-electron chi connectivity index (χ4n) is 1.87. The summed E-state index contributed by atoms with van der Waals surface area (Å²) in [5.74, 6) is 0.0278. The summed E-state index contributed by atoms with van der Waals surface area (Å²) in [7, 11) is -3.18. The van der Waals surface area contributed by atoms with E-state index >= 15 is 0 Å². The topological polar surface area (TPSA) is 66.5 Å². The van der Waals surface area contributed by atoms with Gasteiger partial charge in [0.1, 0.15) is 0 Å². The molecule has 1 aliphatic heterocycles. The minimum atomic E-state index is -3.18. The Morgan fingerprint density at radius 1 is 1.50 bits per heavy atom. The zero-order valence-corrected chi connectivity index (χ0v) is 11.7. The Balaban J connectivity index is 2.57. The average molecular weight is 313 g/mol. The number of carbonyl (C=O) groups excluding carboxylic acids is 1. The maximum absolute atomic E-state index is 11.6. The van der Waals surface area contributed by atoms with Gasteiger partial charge in [-0.05, 0) is 19.3 Å². The Hall–Kier alpha value is -0.140. The number of piperidine rings is 1. The highest BCUT2D eigenvalue weighted by Crippen LogP contribution is 2.17. The van der Waals surface area contributed by atoms with E-state index in [0.717, 1.165) is 32.1 Å². The van der Waals surface area contributed by atoms with Gasteiger partial charge in [0.05, 0.1) is 11.6 Å². The van der Waals surface area contributed by atoms with Crippen molar-refractivity contribution in [3.63, 3.8) is 0 Å². The molecule has 0 radical (unpaired) electrons. The van der Waals surface area contributed by atoms with Crippen molar-refractivity contribution in [1.29, 1.82) is 0 Å². The van der Waals surface area contributed by atoms with Gasteiger partial charge >= 0.3 is 0 Å². The minimum Gasteiger partial charge on any atom is -0.338 e. The predicted molar refractivity (Wildman–Crippen MR) is 66.0 cm³/mol. The highest BCUT2D eigenvalue weighted by Gasteiger charge is 2.26. The molecule has 0 bridgehead atoms. The number of nitrogens with zero attached hydrogens (tertiary/aromatic N) is 1. The summed E-state index contributed by atoms with van der Waals surface area (Å²) in [6.07, 6.45) is 4.03.